The second-order valence-electron chi connectivity index (χ2n) is 11.6. The van der Waals surface area contributed by atoms with Gasteiger partial charge in [0, 0.05) is 30.8 Å². The van der Waals surface area contributed by atoms with Crippen LogP contribution in [-0.2, 0) is 24.5 Å². The summed E-state index contributed by atoms with van der Waals surface area (Å²) in [4.78, 5) is 30.1. The number of nitro groups is 1. The fourth-order valence-corrected chi connectivity index (χ4v) is 5.77. The van der Waals surface area contributed by atoms with Crippen LogP contribution >= 0.6 is 0 Å². The first-order valence-electron chi connectivity index (χ1n) is 15.7. The van der Waals surface area contributed by atoms with Crippen LogP contribution in [0.3, 0.4) is 0 Å². The highest BCUT2D eigenvalue weighted by Crippen LogP contribution is 2.37. The number of hydrogen-bond acceptors (Lipinski definition) is 11. The van der Waals surface area contributed by atoms with Crippen molar-refractivity contribution in [3.05, 3.63) is 122 Å². The molecule has 5 aromatic rings. The van der Waals surface area contributed by atoms with Crippen molar-refractivity contribution in [1.29, 1.82) is 5.26 Å². The molecule has 0 unspecified atom stereocenters. The summed E-state index contributed by atoms with van der Waals surface area (Å²) in [6.45, 7) is 7.67. The van der Waals surface area contributed by atoms with Gasteiger partial charge in [0.2, 0.25) is 5.75 Å². The highest BCUT2D eigenvalue weighted by Gasteiger charge is 2.22. The highest BCUT2D eigenvalue weighted by atomic mass is 16.6. The van der Waals surface area contributed by atoms with Crippen LogP contribution < -0.4 is 9.47 Å². The molecule has 2 heterocycles. The number of ether oxygens (including phenoxy) is 3. The molecule has 1 aromatic heterocycles. The molecule has 0 saturated carbocycles. The fraction of sp³-hybridized carbons (Fsp3) is 0.243. The molecule has 0 radical (unpaired) electrons. The zero-order valence-corrected chi connectivity index (χ0v) is 27.0. The van der Waals surface area contributed by atoms with Gasteiger partial charge in [-0.3, -0.25) is 19.8 Å². The monoisotopic (exact) mass is 659 g/mol. The first-order chi connectivity index (χ1) is 23.8. The minimum atomic E-state index is -0.593. The van der Waals surface area contributed by atoms with E-state index < -0.39 is 4.92 Å². The summed E-state index contributed by atoms with van der Waals surface area (Å²) in [7, 11) is 0. The van der Waals surface area contributed by atoms with E-state index in [-0.39, 0.29) is 36.0 Å². The molecule has 1 saturated heterocycles. The van der Waals surface area contributed by atoms with Gasteiger partial charge in [0.05, 0.1) is 41.9 Å². The number of nitro benzene ring substituents is 1. The lowest BCUT2D eigenvalue weighted by Gasteiger charge is -2.24. The van der Waals surface area contributed by atoms with E-state index in [2.05, 4.69) is 21.1 Å². The maximum Gasteiger partial charge on any atom is 0.311 e. The topological polar surface area (TPSA) is 154 Å². The SMILES string of the molecule is Cc1c(COc2cc(OCc3cccc(C#N)c3)c(C=O)cc2[N+](=O)[O-])cccc1-c1cccc(-c2nc(CN3CCOCC3)no2)c1C. The Morgan fingerprint density at radius 1 is 0.939 bits per heavy atom. The molecule has 0 bridgehead atoms. The number of hydrogen-bond donors (Lipinski definition) is 0. The van der Waals surface area contributed by atoms with Crippen LogP contribution in [0.4, 0.5) is 5.69 Å². The molecule has 0 aliphatic carbocycles. The molecular weight excluding hydrogens is 626 g/mol. The fourth-order valence-electron chi connectivity index (χ4n) is 5.77. The zero-order valence-electron chi connectivity index (χ0n) is 27.0. The predicted octanol–water partition coefficient (Wildman–Crippen LogP) is 6.60. The van der Waals surface area contributed by atoms with E-state index in [9.17, 15) is 20.2 Å². The van der Waals surface area contributed by atoms with Gasteiger partial charge in [0.1, 0.15) is 19.0 Å². The molecule has 0 spiro atoms. The van der Waals surface area contributed by atoms with E-state index >= 15 is 0 Å². The summed E-state index contributed by atoms with van der Waals surface area (Å²) < 4.78 is 23.0. The van der Waals surface area contributed by atoms with Gasteiger partial charge in [-0.1, -0.05) is 47.6 Å². The molecule has 0 N–H and O–H groups in total. The Morgan fingerprint density at radius 3 is 2.41 bits per heavy atom. The number of carbonyl (C=O) groups excluding carboxylic acids is 1. The first-order valence-corrected chi connectivity index (χ1v) is 15.7. The number of nitriles is 1. The standard InChI is InChI=1S/C37H33N5O7/c1-24-28(23-48-35-18-34(29(21-43)17-33(35)42(44)45)47-22-27-7-3-6-26(16-27)19-38)8-4-9-30(24)31-10-5-11-32(25(31)2)37-39-36(40-49-37)20-41-12-14-46-15-13-41/h3-11,16-18,21H,12-15,20,22-23H2,1-2H3. The maximum atomic E-state index is 12.0. The number of nitrogens with zero attached hydrogens (tertiary/aromatic N) is 5. The van der Waals surface area contributed by atoms with E-state index in [1.807, 2.05) is 50.2 Å². The minimum Gasteiger partial charge on any atom is -0.488 e. The van der Waals surface area contributed by atoms with Gasteiger partial charge in [-0.25, -0.2) is 0 Å². The summed E-state index contributed by atoms with van der Waals surface area (Å²) in [5, 5.41) is 25.4. The summed E-state index contributed by atoms with van der Waals surface area (Å²) in [6, 6.07) is 23.2. The molecule has 49 heavy (non-hydrogen) atoms. The lowest BCUT2D eigenvalue weighted by molar-refractivity contribution is -0.386. The van der Waals surface area contributed by atoms with Crippen LogP contribution in [0.15, 0.2) is 77.3 Å². The Morgan fingerprint density at radius 2 is 1.65 bits per heavy atom. The Hall–Kier alpha value is -5.90. The quantitative estimate of drug-likeness (QED) is 0.0808. The Bertz CT molecular complexity index is 2050. The molecule has 248 valence electrons. The third-order valence-electron chi connectivity index (χ3n) is 8.49. The van der Waals surface area contributed by atoms with Crippen LogP contribution in [0.1, 0.15) is 44.0 Å². The molecular formula is C37H33N5O7. The highest BCUT2D eigenvalue weighted by molar-refractivity contribution is 5.82. The number of morpholine rings is 1. The predicted molar refractivity (Wildman–Crippen MR) is 179 cm³/mol. The Balaban J connectivity index is 1.23. The van der Waals surface area contributed by atoms with Crippen molar-refractivity contribution in [2.75, 3.05) is 26.3 Å². The van der Waals surface area contributed by atoms with Gasteiger partial charge < -0.3 is 18.7 Å². The van der Waals surface area contributed by atoms with E-state index in [0.717, 1.165) is 52.5 Å². The number of aldehydes is 1. The van der Waals surface area contributed by atoms with Gasteiger partial charge in [-0.05, 0) is 65.4 Å². The first kappa shape index (κ1) is 33.0. The van der Waals surface area contributed by atoms with Gasteiger partial charge >= 0.3 is 5.69 Å². The van der Waals surface area contributed by atoms with Crippen molar-refractivity contribution in [2.24, 2.45) is 0 Å². The van der Waals surface area contributed by atoms with Crippen LogP contribution in [0.25, 0.3) is 22.6 Å². The smallest absolute Gasteiger partial charge is 0.311 e. The number of benzene rings is 4. The van der Waals surface area contributed by atoms with Crippen molar-refractivity contribution >= 4 is 12.0 Å². The van der Waals surface area contributed by atoms with Crippen LogP contribution in [0, 0.1) is 35.3 Å². The van der Waals surface area contributed by atoms with E-state index in [1.165, 1.54) is 6.07 Å². The number of rotatable bonds is 12. The average Bonchev–Trinajstić information content (AvgIpc) is 3.58. The van der Waals surface area contributed by atoms with Gasteiger partial charge in [-0.15, -0.1) is 0 Å². The number of carbonyl (C=O) groups is 1. The molecule has 0 atom stereocenters. The van der Waals surface area contributed by atoms with E-state index in [0.29, 0.717) is 48.9 Å². The normalized spacial score (nSPS) is 13.1. The summed E-state index contributed by atoms with van der Waals surface area (Å²) >= 11 is 0. The van der Waals surface area contributed by atoms with Crippen LogP contribution in [0.2, 0.25) is 0 Å². The van der Waals surface area contributed by atoms with E-state index in [4.69, 9.17) is 18.7 Å². The summed E-state index contributed by atoms with van der Waals surface area (Å²) in [6.07, 6.45) is 0.501. The minimum absolute atomic E-state index is 0.0125. The zero-order chi connectivity index (χ0) is 34.3. The number of aromatic nitrogens is 2. The van der Waals surface area contributed by atoms with Crippen molar-refractivity contribution in [1.82, 2.24) is 15.0 Å². The van der Waals surface area contributed by atoms with E-state index in [1.54, 1.807) is 24.3 Å². The van der Waals surface area contributed by atoms with Gasteiger partial charge in [0.25, 0.3) is 5.89 Å². The summed E-state index contributed by atoms with van der Waals surface area (Å²) in [5.41, 5.74) is 6.31. The molecule has 6 rings (SSSR count). The average molecular weight is 660 g/mol. The molecule has 1 aliphatic rings. The van der Waals surface area contributed by atoms with Crippen molar-refractivity contribution in [3.63, 3.8) is 0 Å². The van der Waals surface area contributed by atoms with Crippen molar-refractivity contribution in [2.45, 2.75) is 33.6 Å². The molecule has 12 heteroatoms. The second kappa shape index (κ2) is 14.9. The van der Waals surface area contributed by atoms with Crippen molar-refractivity contribution in [3.8, 4) is 40.1 Å². The largest absolute Gasteiger partial charge is 0.488 e. The molecule has 1 aliphatic heterocycles. The van der Waals surface area contributed by atoms with Gasteiger partial charge in [0.15, 0.2) is 12.1 Å². The van der Waals surface area contributed by atoms with Gasteiger partial charge in [-0.2, -0.15) is 10.2 Å². The third-order valence-corrected chi connectivity index (χ3v) is 8.49. The second-order valence-corrected chi connectivity index (χ2v) is 11.6. The van der Waals surface area contributed by atoms with Crippen LogP contribution in [-0.4, -0.2) is 52.6 Å². The maximum absolute atomic E-state index is 12.0. The molecule has 12 nitrogen and oxygen atoms in total. The lowest BCUT2D eigenvalue weighted by Crippen LogP contribution is -2.35. The molecule has 0 amide bonds. The summed E-state index contributed by atoms with van der Waals surface area (Å²) in [5.74, 6) is 1.16. The van der Waals surface area contributed by atoms with Crippen molar-refractivity contribution < 1.29 is 28.5 Å². The lowest BCUT2D eigenvalue weighted by atomic mass is 9.91. The molecule has 4 aromatic carbocycles. The molecule has 1 fully saturated rings. The third kappa shape index (κ3) is 7.49. The Kier molecular flexibility index (Phi) is 10.0. The Labute approximate surface area is 282 Å². The van der Waals surface area contributed by atoms with Crippen LogP contribution in [0.5, 0.6) is 11.5 Å².